The average Bonchev–Trinajstić information content (AvgIpc) is 3.26. The van der Waals surface area contributed by atoms with Crippen molar-refractivity contribution in [1.29, 1.82) is 0 Å². The highest BCUT2D eigenvalue weighted by Crippen LogP contribution is 2.38. The Labute approximate surface area is 215 Å². The van der Waals surface area contributed by atoms with E-state index in [1.165, 1.54) is 16.3 Å². The number of halogens is 1. The molecule has 0 aliphatic rings. The number of aryl methyl sites for hydroxylation is 1. The molecule has 0 saturated carbocycles. The van der Waals surface area contributed by atoms with Crippen molar-refractivity contribution in [1.82, 2.24) is 4.98 Å². The van der Waals surface area contributed by atoms with Crippen LogP contribution in [0.2, 0.25) is 0 Å². The average molecular weight is 587 g/mol. The standard InChI is InChI=1S/C25H22IN3O4S/c1-15-9-10-19-22(11-15)34-25(28-19)29(24(30)17-7-5-6-8-18(17)26)27-14-16-12-20(31-2)23(33-4)21(13-16)32-3/h5-14H,1-4H3/b27-14+. The van der Waals surface area contributed by atoms with Gasteiger partial charge in [-0.05, 0) is 71.5 Å². The number of methoxy groups -OCH3 is 3. The summed E-state index contributed by atoms with van der Waals surface area (Å²) >= 11 is 3.56. The quantitative estimate of drug-likeness (QED) is 0.153. The van der Waals surface area contributed by atoms with Gasteiger partial charge >= 0.3 is 0 Å². The first kappa shape index (κ1) is 24.0. The molecule has 3 aromatic carbocycles. The molecule has 0 radical (unpaired) electrons. The van der Waals surface area contributed by atoms with E-state index in [2.05, 4.69) is 32.7 Å². The SMILES string of the molecule is COc1cc(/C=N/N(C(=O)c2ccccc2I)c2nc3ccc(C)cc3s2)cc(OC)c1OC. The van der Waals surface area contributed by atoms with Crippen molar-refractivity contribution < 1.29 is 19.0 Å². The van der Waals surface area contributed by atoms with Crippen molar-refractivity contribution in [2.75, 3.05) is 26.3 Å². The van der Waals surface area contributed by atoms with Crippen LogP contribution < -0.4 is 19.2 Å². The highest BCUT2D eigenvalue weighted by atomic mass is 127. The number of aromatic nitrogens is 1. The first-order chi connectivity index (χ1) is 16.4. The molecule has 0 spiro atoms. The molecule has 0 N–H and O–H groups in total. The summed E-state index contributed by atoms with van der Waals surface area (Å²) in [4.78, 5) is 18.3. The third kappa shape index (κ3) is 4.85. The number of nitrogens with zero attached hydrogens (tertiary/aromatic N) is 3. The van der Waals surface area contributed by atoms with Gasteiger partial charge in [0.1, 0.15) is 0 Å². The Bertz CT molecular complexity index is 1360. The zero-order chi connectivity index (χ0) is 24.2. The molecule has 174 valence electrons. The highest BCUT2D eigenvalue weighted by molar-refractivity contribution is 14.1. The molecule has 0 saturated heterocycles. The minimum atomic E-state index is -0.274. The Kier molecular flexibility index (Phi) is 7.32. The summed E-state index contributed by atoms with van der Waals surface area (Å²) in [6, 6.07) is 16.9. The fourth-order valence-electron chi connectivity index (χ4n) is 3.35. The molecule has 0 aliphatic heterocycles. The first-order valence-electron chi connectivity index (χ1n) is 10.2. The fourth-order valence-corrected chi connectivity index (χ4v) is 4.99. The molecule has 0 fully saturated rings. The van der Waals surface area contributed by atoms with E-state index >= 15 is 0 Å². The summed E-state index contributed by atoms with van der Waals surface area (Å²) in [7, 11) is 4.65. The zero-order valence-corrected chi connectivity index (χ0v) is 22.0. The van der Waals surface area contributed by atoms with Gasteiger partial charge in [0.05, 0.1) is 43.3 Å². The number of carbonyl (C=O) groups is 1. The highest BCUT2D eigenvalue weighted by Gasteiger charge is 2.23. The summed E-state index contributed by atoms with van der Waals surface area (Å²) in [6.07, 6.45) is 1.58. The predicted octanol–water partition coefficient (Wildman–Crippen LogP) is 5.92. The second-order valence-corrected chi connectivity index (χ2v) is 9.44. The maximum Gasteiger partial charge on any atom is 0.281 e. The molecule has 1 aromatic heterocycles. The van der Waals surface area contributed by atoms with E-state index in [1.54, 1.807) is 45.7 Å². The fraction of sp³-hybridized carbons (Fsp3) is 0.160. The van der Waals surface area contributed by atoms with Crippen LogP contribution in [0.4, 0.5) is 5.13 Å². The molecule has 4 rings (SSSR count). The minimum Gasteiger partial charge on any atom is -0.493 e. The summed E-state index contributed by atoms with van der Waals surface area (Å²) < 4.78 is 18.1. The zero-order valence-electron chi connectivity index (χ0n) is 19.0. The predicted molar refractivity (Wildman–Crippen MR) is 144 cm³/mol. The van der Waals surface area contributed by atoms with Gasteiger partial charge in [-0.15, -0.1) is 0 Å². The van der Waals surface area contributed by atoms with Crippen LogP contribution in [-0.4, -0.2) is 38.4 Å². The van der Waals surface area contributed by atoms with Crippen LogP contribution in [0.15, 0.2) is 59.7 Å². The van der Waals surface area contributed by atoms with Crippen LogP contribution in [0, 0.1) is 10.5 Å². The third-order valence-corrected chi connectivity index (χ3v) is 6.95. The van der Waals surface area contributed by atoms with Gasteiger partial charge in [0, 0.05) is 9.13 Å². The summed E-state index contributed by atoms with van der Waals surface area (Å²) in [6.45, 7) is 2.02. The van der Waals surface area contributed by atoms with Crippen LogP contribution in [-0.2, 0) is 0 Å². The van der Waals surface area contributed by atoms with E-state index in [-0.39, 0.29) is 5.91 Å². The number of anilines is 1. The van der Waals surface area contributed by atoms with Gasteiger partial charge in [0.25, 0.3) is 5.91 Å². The van der Waals surface area contributed by atoms with E-state index in [0.717, 1.165) is 19.4 Å². The van der Waals surface area contributed by atoms with Gasteiger partial charge in [-0.25, -0.2) is 4.98 Å². The molecule has 0 unspecified atom stereocenters. The molecule has 0 atom stereocenters. The smallest absolute Gasteiger partial charge is 0.281 e. The lowest BCUT2D eigenvalue weighted by molar-refractivity contribution is 0.0987. The second-order valence-electron chi connectivity index (χ2n) is 7.27. The lowest BCUT2D eigenvalue weighted by Gasteiger charge is -2.15. The van der Waals surface area contributed by atoms with Crippen molar-refractivity contribution in [3.63, 3.8) is 0 Å². The van der Waals surface area contributed by atoms with Crippen molar-refractivity contribution in [2.45, 2.75) is 6.92 Å². The Morgan fingerprint density at radius 1 is 1.03 bits per heavy atom. The third-order valence-electron chi connectivity index (χ3n) is 5.02. The molecular formula is C25H22IN3O4S. The summed E-state index contributed by atoms with van der Waals surface area (Å²) in [5, 5.41) is 6.37. The number of hydrogen-bond acceptors (Lipinski definition) is 7. The number of fused-ring (bicyclic) bond motifs is 1. The van der Waals surface area contributed by atoms with Gasteiger partial charge < -0.3 is 14.2 Å². The summed E-state index contributed by atoms with van der Waals surface area (Å²) in [5.74, 6) is 1.20. The molecule has 9 heteroatoms. The summed E-state index contributed by atoms with van der Waals surface area (Å²) in [5.41, 5.74) is 3.15. The lowest BCUT2D eigenvalue weighted by atomic mass is 10.2. The van der Waals surface area contributed by atoms with Crippen molar-refractivity contribution in [2.24, 2.45) is 5.10 Å². The molecular weight excluding hydrogens is 565 g/mol. The number of rotatable bonds is 7. The maximum atomic E-state index is 13.6. The van der Waals surface area contributed by atoms with E-state index in [4.69, 9.17) is 14.2 Å². The van der Waals surface area contributed by atoms with Gasteiger partial charge in [0.2, 0.25) is 10.9 Å². The molecule has 34 heavy (non-hydrogen) atoms. The number of thiazole rings is 1. The van der Waals surface area contributed by atoms with Gasteiger partial charge in [-0.3, -0.25) is 4.79 Å². The Hall–Kier alpha value is -3.18. The number of ether oxygens (including phenoxy) is 3. The van der Waals surface area contributed by atoms with Gasteiger partial charge in [-0.1, -0.05) is 29.5 Å². The number of amides is 1. The largest absolute Gasteiger partial charge is 0.493 e. The van der Waals surface area contributed by atoms with E-state index in [1.807, 2.05) is 43.3 Å². The number of hydrazone groups is 1. The Morgan fingerprint density at radius 2 is 1.74 bits per heavy atom. The monoisotopic (exact) mass is 587 g/mol. The Balaban J connectivity index is 1.80. The number of hydrogen-bond donors (Lipinski definition) is 0. The van der Waals surface area contributed by atoms with Gasteiger partial charge in [0.15, 0.2) is 11.5 Å². The lowest BCUT2D eigenvalue weighted by Crippen LogP contribution is -2.26. The van der Waals surface area contributed by atoms with Gasteiger partial charge in [-0.2, -0.15) is 10.1 Å². The Morgan fingerprint density at radius 3 is 2.38 bits per heavy atom. The topological polar surface area (TPSA) is 73.2 Å². The van der Waals surface area contributed by atoms with Crippen molar-refractivity contribution >= 4 is 61.4 Å². The normalized spacial score (nSPS) is 11.1. The van der Waals surface area contributed by atoms with Crippen LogP contribution in [0.1, 0.15) is 21.5 Å². The van der Waals surface area contributed by atoms with Crippen LogP contribution in [0.3, 0.4) is 0 Å². The number of benzene rings is 3. The molecule has 7 nitrogen and oxygen atoms in total. The molecule has 4 aromatic rings. The van der Waals surface area contributed by atoms with E-state index < -0.39 is 0 Å². The minimum absolute atomic E-state index is 0.274. The van der Waals surface area contributed by atoms with E-state index in [9.17, 15) is 4.79 Å². The van der Waals surface area contributed by atoms with Crippen molar-refractivity contribution in [3.8, 4) is 17.2 Å². The van der Waals surface area contributed by atoms with Crippen LogP contribution in [0.5, 0.6) is 17.2 Å². The molecule has 0 bridgehead atoms. The molecule has 1 heterocycles. The van der Waals surface area contributed by atoms with E-state index in [0.29, 0.717) is 33.5 Å². The first-order valence-corrected chi connectivity index (χ1v) is 12.1. The molecule has 0 aliphatic carbocycles. The van der Waals surface area contributed by atoms with Crippen LogP contribution in [0.25, 0.3) is 10.2 Å². The molecule has 1 amide bonds. The van der Waals surface area contributed by atoms with Crippen LogP contribution >= 0.6 is 33.9 Å². The number of carbonyl (C=O) groups excluding carboxylic acids is 1. The maximum absolute atomic E-state index is 13.6. The van der Waals surface area contributed by atoms with Crippen molar-refractivity contribution in [3.05, 3.63) is 74.9 Å². The second kappa shape index (κ2) is 10.4.